The van der Waals surface area contributed by atoms with Crippen molar-refractivity contribution in [1.29, 1.82) is 0 Å². The number of aliphatic carboxylic acids is 1. The quantitative estimate of drug-likeness (QED) is 0.274. The van der Waals surface area contributed by atoms with Gasteiger partial charge in [0.2, 0.25) is 5.89 Å². The zero-order chi connectivity index (χ0) is 31.6. The SMILES string of the molecule is COc1ccccc1C(Cn1c(=O)n(C(C)(C)C(=O)O)c(=O)c2c(C)c(-c3ncco3)sc21)OC1C[C@]2(C)COC[C@]2(C)C1. The van der Waals surface area contributed by atoms with Crippen LogP contribution in [0.2, 0.25) is 0 Å². The predicted molar refractivity (Wildman–Crippen MR) is 164 cm³/mol. The molecule has 2 fully saturated rings. The number of aryl methyl sites for hydroxylation is 1. The second-order valence-electron chi connectivity index (χ2n) is 13.0. The Hall–Kier alpha value is -3.74. The first-order valence-corrected chi connectivity index (χ1v) is 15.4. The summed E-state index contributed by atoms with van der Waals surface area (Å²) in [6, 6.07) is 7.50. The average Bonchev–Trinajstić information content (AvgIpc) is 3.72. The number of fused-ring (bicyclic) bond motifs is 2. The van der Waals surface area contributed by atoms with Crippen LogP contribution in [-0.2, 0) is 26.4 Å². The van der Waals surface area contributed by atoms with E-state index in [2.05, 4.69) is 18.8 Å². The molecule has 1 N–H and O–H groups in total. The number of ether oxygens (including phenoxy) is 3. The monoisotopic (exact) mass is 623 g/mol. The molecule has 6 rings (SSSR count). The zero-order valence-electron chi connectivity index (χ0n) is 25.7. The van der Waals surface area contributed by atoms with Gasteiger partial charge in [0.25, 0.3) is 5.56 Å². The summed E-state index contributed by atoms with van der Waals surface area (Å²) in [5.41, 5.74) is -2.03. The number of thiophene rings is 1. The molecule has 11 nitrogen and oxygen atoms in total. The number of carboxylic acids is 1. The van der Waals surface area contributed by atoms with Crippen LogP contribution < -0.4 is 16.0 Å². The van der Waals surface area contributed by atoms with Gasteiger partial charge in [-0.2, -0.15) is 0 Å². The summed E-state index contributed by atoms with van der Waals surface area (Å²) < 4.78 is 26.3. The molecule has 1 aliphatic carbocycles. The normalized spacial score (nSPS) is 24.1. The first-order chi connectivity index (χ1) is 20.8. The number of nitrogens with zero attached hydrogens (tertiary/aromatic N) is 3. The van der Waals surface area contributed by atoms with E-state index >= 15 is 0 Å². The number of rotatable bonds is 9. The molecule has 12 heteroatoms. The summed E-state index contributed by atoms with van der Waals surface area (Å²) in [7, 11) is 1.58. The topological polar surface area (TPSA) is 135 Å². The maximum absolute atomic E-state index is 14.3. The van der Waals surface area contributed by atoms with Crippen LogP contribution in [0, 0.1) is 17.8 Å². The van der Waals surface area contributed by atoms with Crippen LogP contribution in [0.3, 0.4) is 0 Å². The molecule has 0 radical (unpaired) electrons. The molecule has 1 saturated carbocycles. The molecule has 0 amide bonds. The van der Waals surface area contributed by atoms with Crippen molar-refractivity contribution < 1.29 is 28.5 Å². The van der Waals surface area contributed by atoms with Gasteiger partial charge in [-0.1, -0.05) is 32.0 Å². The summed E-state index contributed by atoms with van der Waals surface area (Å²) in [5, 5.41) is 10.3. The highest BCUT2D eigenvalue weighted by molar-refractivity contribution is 7.22. The molecule has 1 saturated heterocycles. The molecule has 0 bridgehead atoms. The van der Waals surface area contributed by atoms with E-state index in [0.717, 1.165) is 23.0 Å². The lowest BCUT2D eigenvalue weighted by Gasteiger charge is -2.30. The van der Waals surface area contributed by atoms with E-state index in [9.17, 15) is 19.5 Å². The summed E-state index contributed by atoms with van der Waals surface area (Å²) >= 11 is 1.21. The van der Waals surface area contributed by atoms with Gasteiger partial charge in [0.05, 0.1) is 49.4 Å². The van der Waals surface area contributed by atoms with Crippen LogP contribution in [0.15, 0.2) is 50.7 Å². The molecule has 0 spiro atoms. The molecular formula is C32H37N3O8S. The van der Waals surface area contributed by atoms with Crippen molar-refractivity contribution in [2.75, 3.05) is 20.3 Å². The third kappa shape index (κ3) is 4.62. The summed E-state index contributed by atoms with van der Waals surface area (Å²) in [5.74, 6) is -0.394. The molecule has 4 aromatic rings. The number of oxazole rings is 1. The maximum atomic E-state index is 14.3. The fourth-order valence-corrected chi connectivity index (χ4v) is 8.06. The molecule has 2 unspecified atom stereocenters. The Morgan fingerprint density at radius 1 is 1.20 bits per heavy atom. The van der Waals surface area contributed by atoms with Gasteiger partial charge in [-0.15, -0.1) is 11.3 Å². The minimum absolute atomic E-state index is 0.0110. The summed E-state index contributed by atoms with van der Waals surface area (Å²) in [6.07, 6.45) is 3.74. The van der Waals surface area contributed by atoms with E-state index in [1.807, 2.05) is 24.3 Å². The third-order valence-corrected chi connectivity index (χ3v) is 11.1. The van der Waals surface area contributed by atoms with Crippen molar-refractivity contribution in [3.63, 3.8) is 0 Å². The smallest absolute Gasteiger partial charge is 0.333 e. The molecule has 1 aliphatic heterocycles. The van der Waals surface area contributed by atoms with Crippen molar-refractivity contribution >= 4 is 27.5 Å². The second kappa shape index (κ2) is 10.7. The standard InChI is InChI=1S/C32H37N3O8S/c1-18-23-26(36)35(30(2,3)28(37)38)29(39)34(27(23)44-24(18)25-33-11-12-42-25)15-22(20-9-7-8-10-21(20)40-6)43-19-13-31(4)16-41-17-32(31,5)14-19/h7-12,19,22H,13-17H2,1-6H3,(H,37,38)/t19?,22?,31-,32+. The number of benzene rings is 1. The number of methoxy groups -OCH3 is 1. The molecular weight excluding hydrogens is 586 g/mol. The van der Waals surface area contributed by atoms with Gasteiger partial charge in [-0.3, -0.25) is 9.36 Å². The van der Waals surface area contributed by atoms with Gasteiger partial charge in [-0.25, -0.2) is 19.1 Å². The van der Waals surface area contributed by atoms with E-state index in [1.54, 1.807) is 14.0 Å². The van der Waals surface area contributed by atoms with Crippen LogP contribution in [0.5, 0.6) is 5.75 Å². The second-order valence-corrected chi connectivity index (χ2v) is 14.0. The van der Waals surface area contributed by atoms with Gasteiger partial charge >= 0.3 is 11.7 Å². The molecule has 1 aromatic carbocycles. The van der Waals surface area contributed by atoms with Crippen LogP contribution in [0.4, 0.5) is 0 Å². The minimum atomic E-state index is -1.82. The number of hydrogen-bond acceptors (Lipinski definition) is 9. The lowest BCUT2D eigenvalue weighted by molar-refractivity contribution is -0.146. The molecule has 2 aliphatic rings. The summed E-state index contributed by atoms with van der Waals surface area (Å²) in [4.78, 5) is 45.9. The predicted octanol–water partition coefficient (Wildman–Crippen LogP) is 4.98. The Morgan fingerprint density at radius 2 is 1.89 bits per heavy atom. The van der Waals surface area contributed by atoms with Gasteiger partial charge in [0.1, 0.15) is 28.5 Å². The van der Waals surface area contributed by atoms with Crippen LogP contribution in [0.1, 0.15) is 57.8 Å². The molecule has 3 aromatic heterocycles. The van der Waals surface area contributed by atoms with E-state index in [4.69, 9.17) is 18.6 Å². The first kappa shape index (κ1) is 30.3. The Bertz CT molecular complexity index is 1840. The minimum Gasteiger partial charge on any atom is -0.496 e. The Labute approximate surface area is 258 Å². The Kier molecular flexibility index (Phi) is 7.37. The third-order valence-electron chi connectivity index (χ3n) is 9.77. The highest BCUT2D eigenvalue weighted by Gasteiger charge is 2.57. The first-order valence-electron chi connectivity index (χ1n) is 14.6. The van der Waals surface area contributed by atoms with Crippen molar-refractivity contribution in [3.05, 3.63) is 68.7 Å². The van der Waals surface area contributed by atoms with Crippen LogP contribution >= 0.6 is 11.3 Å². The van der Waals surface area contributed by atoms with Gasteiger partial charge < -0.3 is 23.7 Å². The zero-order valence-corrected chi connectivity index (χ0v) is 26.5. The number of para-hydroxylation sites is 1. The van der Waals surface area contributed by atoms with Crippen LogP contribution in [0.25, 0.3) is 21.0 Å². The highest BCUT2D eigenvalue weighted by atomic mass is 32.1. The lowest BCUT2D eigenvalue weighted by Crippen LogP contribution is -2.52. The Morgan fingerprint density at radius 3 is 2.50 bits per heavy atom. The molecule has 44 heavy (non-hydrogen) atoms. The van der Waals surface area contributed by atoms with Crippen molar-refractivity contribution in [3.8, 4) is 16.5 Å². The molecule has 4 heterocycles. The van der Waals surface area contributed by atoms with E-state index in [0.29, 0.717) is 40.1 Å². The fraction of sp³-hybridized carbons (Fsp3) is 0.500. The number of carbonyl (C=O) groups is 1. The number of carboxylic acid groups (broad SMARTS) is 1. The van der Waals surface area contributed by atoms with E-state index in [1.165, 1.54) is 42.2 Å². The lowest BCUT2D eigenvalue weighted by atomic mass is 9.71. The number of aromatic nitrogens is 3. The highest BCUT2D eigenvalue weighted by Crippen LogP contribution is 2.58. The van der Waals surface area contributed by atoms with Crippen molar-refractivity contribution in [2.45, 2.75) is 71.8 Å². The Balaban J connectivity index is 1.55. The average molecular weight is 624 g/mol. The van der Waals surface area contributed by atoms with E-state index in [-0.39, 0.29) is 28.9 Å². The van der Waals surface area contributed by atoms with Gasteiger partial charge in [-0.05, 0) is 45.2 Å². The van der Waals surface area contributed by atoms with Crippen LogP contribution in [-0.4, -0.2) is 51.6 Å². The van der Waals surface area contributed by atoms with E-state index < -0.39 is 28.9 Å². The molecule has 4 atom stereocenters. The fourth-order valence-electron chi connectivity index (χ4n) is 6.81. The largest absolute Gasteiger partial charge is 0.496 e. The van der Waals surface area contributed by atoms with Gasteiger partial charge in [0.15, 0.2) is 0 Å². The number of hydrogen-bond donors (Lipinski definition) is 1. The van der Waals surface area contributed by atoms with Gasteiger partial charge in [0, 0.05) is 16.4 Å². The van der Waals surface area contributed by atoms with Crippen molar-refractivity contribution in [1.82, 2.24) is 14.1 Å². The summed E-state index contributed by atoms with van der Waals surface area (Å²) in [6.45, 7) is 10.3. The molecule has 234 valence electrons. The maximum Gasteiger partial charge on any atom is 0.333 e. The van der Waals surface area contributed by atoms with Crippen molar-refractivity contribution in [2.24, 2.45) is 10.8 Å².